The molecule has 3 aromatic heterocycles. The second kappa shape index (κ2) is 11.4. The summed E-state index contributed by atoms with van der Waals surface area (Å²) < 4.78 is 4.93. The SMILES string of the molecule is C1=C(c2nc3ccccc3nc2-c2ccccc2)CCC(n2c3ccccc3c3cc4c5c6ccccc6ccc5n(-c5ccccc5)c4cc32)=C1. The molecule has 0 fully saturated rings. The molecule has 244 valence electrons. The molecule has 11 rings (SSSR count). The molecule has 52 heavy (non-hydrogen) atoms. The van der Waals surface area contributed by atoms with Gasteiger partial charge in [0.2, 0.25) is 0 Å². The van der Waals surface area contributed by atoms with Crippen LogP contribution in [0.1, 0.15) is 18.5 Å². The highest BCUT2D eigenvalue weighted by atomic mass is 15.0. The molecule has 0 radical (unpaired) electrons. The van der Waals surface area contributed by atoms with E-state index in [1.165, 1.54) is 65.7 Å². The van der Waals surface area contributed by atoms with Crippen LogP contribution in [0, 0.1) is 0 Å². The Kier molecular flexibility index (Phi) is 6.34. The molecule has 0 amide bonds. The second-order valence-corrected chi connectivity index (χ2v) is 13.7. The number of rotatable bonds is 4. The van der Waals surface area contributed by atoms with Crippen molar-refractivity contribution in [1.82, 2.24) is 19.1 Å². The van der Waals surface area contributed by atoms with E-state index in [-0.39, 0.29) is 0 Å². The van der Waals surface area contributed by atoms with Gasteiger partial charge in [-0.15, -0.1) is 0 Å². The molecule has 3 heterocycles. The molecule has 0 unspecified atom stereocenters. The van der Waals surface area contributed by atoms with Crippen LogP contribution in [0.25, 0.3) is 93.6 Å². The zero-order chi connectivity index (χ0) is 34.2. The minimum absolute atomic E-state index is 0.866. The first-order valence-corrected chi connectivity index (χ1v) is 18.0. The van der Waals surface area contributed by atoms with Crippen molar-refractivity contribution < 1.29 is 0 Å². The van der Waals surface area contributed by atoms with Crippen molar-refractivity contribution in [2.75, 3.05) is 0 Å². The minimum atomic E-state index is 0.866. The van der Waals surface area contributed by atoms with Gasteiger partial charge in [-0.1, -0.05) is 115 Å². The summed E-state index contributed by atoms with van der Waals surface area (Å²) in [6.07, 6.45) is 6.33. The summed E-state index contributed by atoms with van der Waals surface area (Å²) in [4.78, 5) is 10.3. The van der Waals surface area contributed by atoms with Crippen LogP contribution in [0.15, 0.2) is 170 Å². The molecule has 7 aromatic carbocycles. The Labute approximate surface area is 300 Å². The summed E-state index contributed by atoms with van der Waals surface area (Å²) in [5.41, 5.74) is 13.3. The third-order valence-electron chi connectivity index (χ3n) is 10.8. The van der Waals surface area contributed by atoms with E-state index < -0.39 is 0 Å². The van der Waals surface area contributed by atoms with E-state index in [2.05, 4.69) is 155 Å². The average molecular weight is 665 g/mol. The fourth-order valence-electron chi connectivity index (χ4n) is 8.44. The van der Waals surface area contributed by atoms with Crippen LogP contribution in [-0.4, -0.2) is 19.1 Å². The molecule has 0 N–H and O–H groups in total. The zero-order valence-corrected chi connectivity index (χ0v) is 28.4. The lowest BCUT2D eigenvalue weighted by molar-refractivity contribution is 0.984. The Morgan fingerprint density at radius 1 is 0.423 bits per heavy atom. The molecular formula is C48H32N4. The molecule has 10 aromatic rings. The Morgan fingerprint density at radius 3 is 1.88 bits per heavy atom. The second-order valence-electron chi connectivity index (χ2n) is 13.7. The smallest absolute Gasteiger partial charge is 0.0969 e. The highest BCUT2D eigenvalue weighted by molar-refractivity contribution is 6.25. The highest BCUT2D eigenvalue weighted by Crippen LogP contribution is 2.43. The fraction of sp³-hybridized carbons (Fsp3) is 0.0417. The van der Waals surface area contributed by atoms with Crippen LogP contribution in [0.3, 0.4) is 0 Å². The van der Waals surface area contributed by atoms with E-state index in [0.29, 0.717) is 0 Å². The molecule has 1 aliphatic carbocycles. The summed E-state index contributed by atoms with van der Waals surface area (Å²) in [7, 11) is 0. The number of nitrogens with zero attached hydrogens (tertiary/aromatic N) is 4. The largest absolute Gasteiger partial charge is 0.313 e. The lowest BCUT2D eigenvalue weighted by Crippen LogP contribution is -2.04. The van der Waals surface area contributed by atoms with E-state index >= 15 is 0 Å². The summed E-state index contributed by atoms with van der Waals surface area (Å²) in [5, 5.41) is 7.64. The van der Waals surface area contributed by atoms with Crippen molar-refractivity contribution in [3.05, 3.63) is 176 Å². The number of hydrogen-bond acceptors (Lipinski definition) is 2. The van der Waals surface area contributed by atoms with E-state index in [4.69, 9.17) is 9.97 Å². The van der Waals surface area contributed by atoms with Crippen molar-refractivity contribution in [3.63, 3.8) is 0 Å². The standard InChI is InChI=1S/C48H32N4/c1-3-14-32(15-4-1)47-48(50-41-21-11-10-20-40(41)49-47)33-23-26-35(27-24-33)51-42-22-12-9-19-37(42)38-29-39-45(30-44(38)51)52(34-16-5-2-6-17-34)43-28-25-31-13-7-8-18-36(31)46(39)43/h1-23,25-26,28-30H,24,27H2. The van der Waals surface area contributed by atoms with Gasteiger partial charge in [-0.3, -0.25) is 0 Å². The Morgan fingerprint density at radius 2 is 1.10 bits per heavy atom. The molecule has 1 aliphatic rings. The maximum absolute atomic E-state index is 5.21. The van der Waals surface area contributed by atoms with Gasteiger partial charge >= 0.3 is 0 Å². The van der Waals surface area contributed by atoms with Gasteiger partial charge in [0, 0.05) is 38.5 Å². The molecule has 0 saturated carbocycles. The van der Waals surface area contributed by atoms with Crippen LogP contribution >= 0.6 is 0 Å². The number of benzene rings is 7. The molecule has 0 bridgehead atoms. The summed E-state index contributed by atoms with van der Waals surface area (Å²) >= 11 is 0. The summed E-state index contributed by atoms with van der Waals surface area (Å²) in [6.45, 7) is 0. The predicted octanol–water partition coefficient (Wildman–Crippen LogP) is 12.4. The highest BCUT2D eigenvalue weighted by Gasteiger charge is 2.22. The fourth-order valence-corrected chi connectivity index (χ4v) is 8.44. The van der Waals surface area contributed by atoms with Gasteiger partial charge in [-0.2, -0.15) is 0 Å². The zero-order valence-electron chi connectivity index (χ0n) is 28.4. The maximum Gasteiger partial charge on any atom is 0.0969 e. The number of para-hydroxylation sites is 4. The van der Waals surface area contributed by atoms with Crippen molar-refractivity contribution in [2.24, 2.45) is 0 Å². The van der Waals surface area contributed by atoms with Gasteiger partial charge in [-0.05, 0) is 83.8 Å². The molecule has 0 atom stereocenters. The van der Waals surface area contributed by atoms with Crippen LogP contribution in [-0.2, 0) is 0 Å². The molecule has 4 nitrogen and oxygen atoms in total. The van der Waals surface area contributed by atoms with Crippen LogP contribution < -0.4 is 0 Å². The Hall–Kier alpha value is -6.78. The Balaban J connectivity index is 1.16. The number of aromatic nitrogens is 4. The number of fused-ring (bicyclic) bond motifs is 9. The van der Waals surface area contributed by atoms with E-state index in [0.717, 1.165) is 46.5 Å². The third kappa shape index (κ3) is 4.34. The van der Waals surface area contributed by atoms with Crippen molar-refractivity contribution in [1.29, 1.82) is 0 Å². The Bertz CT molecular complexity index is 3110. The van der Waals surface area contributed by atoms with Gasteiger partial charge in [0.15, 0.2) is 0 Å². The maximum atomic E-state index is 5.21. The van der Waals surface area contributed by atoms with Crippen LogP contribution in [0.4, 0.5) is 0 Å². The van der Waals surface area contributed by atoms with E-state index in [9.17, 15) is 0 Å². The lowest BCUT2D eigenvalue weighted by Gasteiger charge is -2.19. The number of allylic oxidation sites excluding steroid dienone is 4. The van der Waals surface area contributed by atoms with Gasteiger partial charge in [0.25, 0.3) is 0 Å². The molecule has 0 saturated heterocycles. The van der Waals surface area contributed by atoms with Gasteiger partial charge in [-0.25, -0.2) is 9.97 Å². The minimum Gasteiger partial charge on any atom is -0.313 e. The molecule has 0 spiro atoms. The van der Waals surface area contributed by atoms with E-state index in [1.807, 2.05) is 24.3 Å². The summed E-state index contributed by atoms with van der Waals surface area (Å²) in [5.74, 6) is 0. The lowest BCUT2D eigenvalue weighted by atomic mass is 9.95. The van der Waals surface area contributed by atoms with Crippen LogP contribution in [0.2, 0.25) is 0 Å². The normalized spacial score (nSPS) is 13.5. The first kappa shape index (κ1) is 29.0. The van der Waals surface area contributed by atoms with Crippen molar-refractivity contribution >= 4 is 76.7 Å². The van der Waals surface area contributed by atoms with E-state index in [1.54, 1.807) is 0 Å². The summed E-state index contributed by atoms with van der Waals surface area (Å²) in [6, 6.07) is 56.4. The monoisotopic (exact) mass is 664 g/mol. The average Bonchev–Trinajstić information content (AvgIpc) is 3.72. The van der Waals surface area contributed by atoms with Crippen molar-refractivity contribution in [3.8, 4) is 16.9 Å². The van der Waals surface area contributed by atoms with Gasteiger partial charge < -0.3 is 9.13 Å². The predicted molar refractivity (Wildman–Crippen MR) is 218 cm³/mol. The number of hydrogen-bond donors (Lipinski definition) is 0. The molecule has 0 aliphatic heterocycles. The van der Waals surface area contributed by atoms with Crippen LogP contribution in [0.5, 0.6) is 0 Å². The molecule has 4 heteroatoms. The van der Waals surface area contributed by atoms with Crippen molar-refractivity contribution in [2.45, 2.75) is 12.8 Å². The molecular weight excluding hydrogens is 633 g/mol. The quantitative estimate of drug-likeness (QED) is 0.188. The first-order chi connectivity index (χ1) is 25.8. The topological polar surface area (TPSA) is 35.6 Å². The first-order valence-electron chi connectivity index (χ1n) is 18.0. The van der Waals surface area contributed by atoms with Gasteiger partial charge in [0.1, 0.15) is 0 Å². The van der Waals surface area contributed by atoms with Gasteiger partial charge in [0.05, 0.1) is 44.5 Å². The third-order valence-corrected chi connectivity index (χ3v) is 10.8.